The van der Waals surface area contributed by atoms with E-state index in [1.807, 2.05) is 38.1 Å². The third kappa shape index (κ3) is 9.44. The van der Waals surface area contributed by atoms with Crippen molar-refractivity contribution in [3.63, 3.8) is 0 Å². The number of aryl methyl sites for hydroxylation is 1. The minimum absolute atomic E-state index is 0.00921. The van der Waals surface area contributed by atoms with Crippen LogP contribution >= 0.6 is 0 Å². The van der Waals surface area contributed by atoms with Gasteiger partial charge in [-0.1, -0.05) is 45.0 Å². The molecule has 0 saturated heterocycles. The molecule has 0 unspecified atom stereocenters. The maximum Gasteiger partial charge on any atom is 0.328 e. The summed E-state index contributed by atoms with van der Waals surface area (Å²) in [6.07, 6.45) is 3.71. The van der Waals surface area contributed by atoms with Crippen LogP contribution in [0.15, 0.2) is 30.3 Å². The number of carboxylic acid groups (broad SMARTS) is 1. The lowest BCUT2D eigenvalue weighted by Gasteiger charge is -2.01. The van der Waals surface area contributed by atoms with Crippen LogP contribution in [0.2, 0.25) is 0 Å². The van der Waals surface area contributed by atoms with Crippen LogP contribution in [-0.4, -0.2) is 23.7 Å². The first kappa shape index (κ1) is 18.9. The van der Waals surface area contributed by atoms with Crippen molar-refractivity contribution in [2.75, 3.05) is 6.61 Å². The molecule has 0 aliphatic carbocycles. The molecule has 0 spiro atoms. The number of hydrogen-bond acceptors (Lipinski definition) is 3. The van der Waals surface area contributed by atoms with Crippen LogP contribution in [0.1, 0.15) is 38.8 Å². The molecular weight excluding hydrogens is 268 g/mol. The summed E-state index contributed by atoms with van der Waals surface area (Å²) >= 11 is 0. The number of carbonyl (C=O) groups excluding carboxylic acids is 1. The van der Waals surface area contributed by atoms with E-state index in [4.69, 9.17) is 5.11 Å². The highest BCUT2D eigenvalue weighted by molar-refractivity contribution is 5.85. The third-order valence-electron chi connectivity index (χ3n) is 2.54. The summed E-state index contributed by atoms with van der Waals surface area (Å²) in [5.41, 5.74) is 2.15. The van der Waals surface area contributed by atoms with E-state index in [9.17, 15) is 9.59 Å². The lowest BCUT2D eigenvalue weighted by atomic mass is 10.1. The molecule has 0 atom stereocenters. The summed E-state index contributed by atoms with van der Waals surface area (Å²) < 4.78 is 4.66. The molecule has 4 heteroatoms. The van der Waals surface area contributed by atoms with Crippen LogP contribution in [0, 0.1) is 5.92 Å². The van der Waals surface area contributed by atoms with Gasteiger partial charge in [-0.3, -0.25) is 4.79 Å². The van der Waals surface area contributed by atoms with Crippen LogP contribution in [0.3, 0.4) is 0 Å². The van der Waals surface area contributed by atoms with Crippen molar-refractivity contribution >= 4 is 18.0 Å². The summed E-state index contributed by atoms with van der Waals surface area (Å²) in [6, 6.07) is 7.83. The average Bonchev–Trinajstić information content (AvgIpc) is 2.46. The summed E-state index contributed by atoms with van der Waals surface area (Å²) in [6.45, 7) is 7.99. The Balaban J connectivity index is 0.000000433. The molecule has 1 rings (SSSR count). The maximum absolute atomic E-state index is 10.5. The second kappa shape index (κ2) is 10.7. The molecule has 0 amide bonds. The van der Waals surface area contributed by atoms with E-state index in [1.165, 1.54) is 5.56 Å². The van der Waals surface area contributed by atoms with E-state index < -0.39 is 5.97 Å². The molecule has 4 nitrogen and oxygen atoms in total. The largest absolute Gasteiger partial charge is 0.478 e. The third-order valence-corrected chi connectivity index (χ3v) is 2.54. The van der Waals surface area contributed by atoms with E-state index >= 15 is 0 Å². The second-order valence-corrected chi connectivity index (χ2v) is 4.68. The molecule has 0 aliphatic rings. The highest BCUT2D eigenvalue weighted by Crippen LogP contribution is 2.07. The van der Waals surface area contributed by atoms with Crippen molar-refractivity contribution in [2.45, 2.75) is 34.1 Å². The van der Waals surface area contributed by atoms with Crippen LogP contribution in [0.5, 0.6) is 0 Å². The van der Waals surface area contributed by atoms with Crippen LogP contribution in [-0.2, 0) is 20.7 Å². The van der Waals surface area contributed by atoms with E-state index in [-0.39, 0.29) is 11.9 Å². The van der Waals surface area contributed by atoms with Crippen molar-refractivity contribution in [3.8, 4) is 0 Å². The predicted octanol–water partition coefficient (Wildman–Crippen LogP) is 3.55. The fourth-order valence-electron chi connectivity index (χ4n) is 1.39. The number of aliphatic carboxylic acids is 1. The standard InChI is InChI=1S/C11H12O2.C6H12O2/c1-2-9-4-3-5-10(8-9)6-7-11(12)13;1-4-8-6(7)5(2)3/h3-8H,2H2,1H3,(H,12,13);5H,4H2,1-3H3/b7-6+;. The number of ether oxygens (including phenoxy) is 1. The first-order valence-electron chi connectivity index (χ1n) is 7.07. The van der Waals surface area contributed by atoms with Gasteiger partial charge in [0.1, 0.15) is 0 Å². The molecule has 0 bridgehead atoms. The second-order valence-electron chi connectivity index (χ2n) is 4.68. The van der Waals surface area contributed by atoms with Gasteiger partial charge in [-0.15, -0.1) is 0 Å². The van der Waals surface area contributed by atoms with Crippen molar-refractivity contribution in [2.24, 2.45) is 5.92 Å². The molecule has 0 aliphatic heterocycles. The quantitative estimate of drug-likeness (QED) is 0.666. The molecule has 1 N–H and O–H groups in total. The molecule has 1 aromatic carbocycles. The summed E-state index contributed by atoms with van der Waals surface area (Å²) in [7, 11) is 0. The minimum atomic E-state index is -0.915. The maximum atomic E-state index is 10.5. The van der Waals surface area contributed by atoms with E-state index in [0.717, 1.165) is 18.1 Å². The predicted molar refractivity (Wildman–Crippen MR) is 84.0 cm³/mol. The van der Waals surface area contributed by atoms with Gasteiger partial charge in [-0.25, -0.2) is 4.79 Å². The Hall–Kier alpha value is -2.10. The fraction of sp³-hybridized carbons (Fsp3) is 0.412. The number of benzene rings is 1. The topological polar surface area (TPSA) is 63.6 Å². The molecule has 0 saturated carbocycles. The van der Waals surface area contributed by atoms with Crippen LogP contribution < -0.4 is 0 Å². The first-order chi connectivity index (χ1) is 9.90. The summed E-state index contributed by atoms with van der Waals surface area (Å²) in [4.78, 5) is 20.8. The van der Waals surface area contributed by atoms with E-state index in [0.29, 0.717) is 6.61 Å². The monoisotopic (exact) mass is 292 g/mol. The zero-order valence-corrected chi connectivity index (χ0v) is 13.1. The molecule has 1 aromatic rings. The number of carboxylic acids is 1. The van der Waals surface area contributed by atoms with Gasteiger partial charge >= 0.3 is 11.9 Å². The van der Waals surface area contributed by atoms with Crippen LogP contribution in [0.25, 0.3) is 6.08 Å². The van der Waals surface area contributed by atoms with Crippen LogP contribution in [0.4, 0.5) is 0 Å². The lowest BCUT2D eigenvalue weighted by Crippen LogP contribution is -2.10. The van der Waals surface area contributed by atoms with Gasteiger partial charge in [0.15, 0.2) is 0 Å². The zero-order chi connectivity index (χ0) is 16.3. The van der Waals surface area contributed by atoms with Gasteiger partial charge < -0.3 is 9.84 Å². The van der Waals surface area contributed by atoms with Crippen molar-refractivity contribution in [1.82, 2.24) is 0 Å². The fourth-order valence-corrected chi connectivity index (χ4v) is 1.39. The van der Waals surface area contributed by atoms with Gasteiger partial charge in [-0.05, 0) is 30.5 Å². The number of carbonyl (C=O) groups is 2. The molecule has 21 heavy (non-hydrogen) atoms. The van der Waals surface area contributed by atoms with Gasteiger partial charge in [0.05, 0.1) is 12.5 Å². The smallest absolute Gasteiger partial charge is 0.328 e. The number of esters is 1. The average molecular weight is 292 g/mol. The Morgan fingerprint density at radius 3 is 2.38 bits per heavy atom. The van der Waals surface area contributed by atoms with Crippen molar-refractivity contribution < 1.29 is 19.4 Å². The molecule has 0 aromatic heterocycles. The first-order valence-corrected chi connectivity index (χ1v) is 7.07. The molecule has 0 fully saturated rings. The molecule has 116 valence electrons. The van der Waals surface area contributed by atoms with Gasteiger partial charge in [0, 0.05) is 6.08 Å². The van der Waals surface area contributed by atoms with E-state index in [2.05, 4.69) is 11.7 Å². The Bertz CT molecular complexity index is 475. The molecular formula is C17H24O4. The van der Waals surface area contributed by atoms with Crippen molar-refractivity contribution in [3.05, 3.63) is 41.5 Å². The highest BCUT2D eigenvalue weighted by Gasteiger charge is 2.04. The number of rotatable bonds is 5. The molecule has 0 heterocycles. The van der Waals surface area contributed by atoms with Crippen molar-refractivity contribution in [1.29, 1.82) is 0 Å². The van der Waals surface area contributed by atoms with E-state index in [1.54, 1.807) is 13.0 Å². The highest BCUT2D eigenvalue weighted by atomic mass is 16.5. The summed E-state index contributed by atoms with van der Waals surface area (Å²) in [5.74, 6) is -1.02. The Labute approximate surface area is 126 Å². The minimum Gasteiger partial charge on any atom is -0.478 e. The van der Waals surface area contributed by atoms with Gasteiger partial charge in [0.2, 0.25) is 0 Å². The zero-order valence-electron chi connectivity index (χ0n) is 13.1. The molecule has 0 radical (unpaired) electrons. The van der Waals surface area contributed by atoms with Gasteiger partial charge in [0.25, 0.3) is 0 Å². The normalized spacial score (nSPS) is 10.1. The summed E-state index contributed by atoms with van der Waals surface area (Å²) in [5, 5.41) is 8.41. The lowest BCUT2D eigenvalue weighted by molar-refractivity contribution is -0.146. The SMILES string of the molecule is CCOC(=O)C(C)C.CCc1cccc(/C=C/C(=O)O)c1. The Morgan fingerprint density at radius 2 is 1.95 bits per heavy atom. The Kier molecular flexibility index (Phi) is 9.59. The number of hydrogen-bond donors (Lipinski definition) is 1. The Morgan fingerprint density at radius 1 is 1.29 bits per heavy atom. The van der Waals surface area contributed by atoms with Gasteiger partial charge in [-0.2, -0.15) is 0 Å².